The Bertz CT molecular complexity index is 373. The Morgan fingerprint density at radius 1 is 1.28 bits per heavy atom. The van der Waals surface area contributed by atoms with Gasteiger partial charge in [0.2, 0.25) is 0 Å². The van der Waals surface area contributed by atoms with Crippen LogP contribution in [-0.4, -0.2) is 25.7 Å². The summed E-state index contributed by atoms with van der Waals surface area (Å²) in [5.74, 6) is 0.281. The summed E-state index contributed by atoms with van der Waals surface area (Å²) in [6.45, 7) is 4.25. The summed E-state index contributed by atoms with van der Waals surface area (Å²) in [6, 6.07) is 7.70. The maximum atomic E-state index is 11.4. The molecule has 0 heterocycles. The quantitative estimate of drug-likeness (QED) is 0.783. The fourth-order valence-electron chi connectivity index (χ4n) is 1.69. The van der Waals surface area contributed by atoms with Crippen molar-refractivity contribution in [2.24, 2.45) is 11.7 Å². The molecule has 2 N–H and O–H groups in total. The zero-order chi connectivity index (χ0) is 13.5. The highest BCUT2D eigenvalue weighted by atomic mass is 16.5. The molecule has 0 aliphatic heterocycles. The molecule has 0 radical (unpaired) electrons. The largest absolute Gasteiger partial charge is 0.491 e. The highest BCUT2D eigenvalue weighted by Crippen LogP contribution is 2.16. The molecule has 100 valence electrons. The molecule has 1 unspecified atom stereocenters. The Balaban J connectivity index is 2.64. The maximum Gasteiger partial charge on any atom is 0.310 e. The van der Waals surface area contributed by atoms with Crippen molar-refractivity contribution < 1.29 is 14.3 Å². The molecule has 0 aliphatic rings. The molecule has 0 saturated carbocycles. The molecule has 0 bridgehead atoms. The number of benzene rings is 1. The van der Waals surface area contributed by atoms with Crippen molar-refractivity contribution in [1.82, 2.24) is 0 Å². The second kappa shape index (κ2) is 7.01. The molecule has 0 saturated heterocycles. The zero-order valence-corrected chi connectivity index (χ0v) is 11.2. The van der Waals surface area contributed by atoms with Crippen molar-refractivity contribution in [3.05, 3.63) is 29.8 Å². The minimum atomic E-state index is -0.285. The number of ether oxygens (including phenoxy) is 2. The smallest absolute Gasteiger partial charge is 0.310 e. The summed E-state index contributed by atoms with van der Waals surface area (Å²) in [5.41, 5.74) is 6.62. The summed E-state index contributed by atoms with van der Waals surface area (Å²) in [7, 11) is 1.38. The number of methoxy groups -OCH3 is 1. The van der Waals surface area contributed by atoms with Gasteiger partial charge in [-0.05, 0) is 38.0 Å². The summed E-state index contributed by atoms with van der Waals surface area (Å²) in [6.07, 6.45) is 0.744. The number of carbonyl (C=O) groups excluding carboxylic acids is 1. The van der Waals surface area contributed by atoms with E-state index in [-0.39, 0.29) is 24.5 Å². The van der Waals surface area contributed by atoms with Gasteiger partial charge in [0.1, 0.15) is 5.75 Å². The van der Waals surface area contributed by atoms with Gasteiger partial charge in [-0.3, -0.25) is 4.79 Å². The van der Waals surface area contributed by atoms with Gasteiger partial charge in [-0.15, -0.1) is 0 Å². The molecule has 0 spiro atoms. The Morgan fingerprint density at radius 3 is 2.33 bits per heavy atom. The molecule has 0 fully saturated rings. The van der Waals surface area contributed by atoms with Crippen molar-refractivity contribution in [2.45, 2.75) is 26.4 Å². The Labute approximate surface area is 108 Å². The molecule has 0 aliphatic carbocycles. The third-order valence-corrected chi connectivity index (χ3v) is 2.60. The lowest BCUT2D eigenvalue weighted by Crippen LogP contribution is -2.26. The Morgan fingerprint density at radius 2 is 1.89 bits per heavy atom. The lowest BCUT2D eigenvalue weighted by atomic mass is 9.99. The van der Waals surface area contributed by atoms with Crippen LogP contribution in [0.2, 0.25) is 0 Å². The van der Waals surface area contributed by atoms with Gasteiger partial charge in [-0.1, -0.05) is 12.1 Å². The number of hydrogen-bond acceptors (Lipinski definition) is 4. The predicted molar refractivity (Wildman–Crippen MR) is 70.5 cm³/mol. The maximum absolute atomic E-state index is 11.4. The van der Waals surface area contributed by atoms with Crippen LogP contribution < -0.4 is 10.5 Å². The highest BCUT2D eigenvalue weighted by Gasteiger charge is 2.17. The van der Waals surface area contributed by atoms with Crippen LogP contribution in [-0.2, 0) is 16.0 Å². The first-order valence-electron chi connectivity index (χ1n) is 6.10. The van der Waals surface area contributed by atoms with Crippen LogP contribution in [0.3, 0.4) is 0 Å². The molecule has 1 aromatic rings. The number of carbonyl (C=O) groups is 1. The van der Waals surface area contributed by atoms with Crippen molar-refractivity contribution in [3.63, 3.8) is 0 Å². The van der Waals surface area contributed by atoms with E-state index in [0.29, 0.717) is 6.42 Å². The molecule has 18 heavy (non-hydrogen) atoms. The van der Waals surface area contributed by atoms with E-state index < -0.39 is 0 Å². The molecule has 4 heteroatoms. The van der Waals surface area contributed by atoms with Crippen molar-refractivity contribution in [1.29, 1.82) is 0 Å². The lowest BCUT2D eigenvalue weighted by molar-refractivity contribution is -0.145. The van der Waals surface area contributed by atoms with Crippen LogP contribution in [0.5, 0.6) is 5.75 Å². The van der Waals surface area contributed by atoms with Crippen molar-refractivity contribution in [2.75, 3.05) is 13.7 Å². The predicted octanol–water partition coefficient (Wildman–Crippen LogP) is 1.76. The molecule has 1 rings (SSSR count). The third-order valence-electron chi connectivity index (χ3n) is 2.60. The van der Waals surface area contributed by atoms with E-state index in [0.717, 1.165) is 11.3 Å². The van der Waals surface area contributed by atoms with Gasteiger partial charge in [0.05, 0.1) is 19.1 Å². The molecular weight excluding hydrogens is 230 g/mol. The second-order valence-corrected chi connectivity index (χ2v) is 4.47. The molecule has 1 aromatic carbocycles. The van der Waals surface area contributed by atoms with Gasteiger partial charge in [0, 0.05) is 6.54 Å². The molecule has 0 aromatic heterocycles. The fraction of sp³-hybridized carbons (Fsp3) is 0.500. The van der Waals surface area contributed by atoms with E-state index in [1.54, 1.807) is 0 Å². The minimum Gasteiger partial charge on any atom is -0.491 e. The molecule has 0 amide bonds. The molecule has 4 nitrogen and oxygen atoms in total. The summed E-state index contributed by atoms with van der Waals surface area (Å²) in [5, 5.41) is 0. The number of hydrogen-bond donors (Lipinski definition) is 1. The Kier molecular flexibility index (Phi) is 5.65. The Hall–Kier alpha value is -1.55. The van der Waals surface area contributed by atoms with Crippen molar-refractivity contribution in [3.8, 4) is 5.75 Å². The van der Waals surface area contributed by atoms with Gasteiger partial charge in [-0.25, -0.2) is 0 Å². The number of rotatable bonds is 6. The SMILES string of the molecule is COC(=O)C(CN)Cc1ccc(OC(C)C)cc1. The van der Waals surface area contributed by atoms with Crippen molar-refractivity contribution >= 4 is 5.97 Å². The van der Waals surface area contributed by atoms with E-state index in [9.17, 15) is 4.79 Å². The highest BCUT2D eigenvalue weighted by molar-refractivity contribution is 5.72. The van der Waals surface area contributed by atoms with E-state index >= 15 is 0 Å². The van der Waals surface area contributed by atoms with Crippen LogP contribution in [0.1, 0.15) is 19.4 Å². The summed E-state index contributed by atoms with van der Waals surface area (Å²) in [4.78, 5) is 11.4. The van der Waals surface area contributed by atoms with Gasteiger partial charge in [0.15, 0.2) is 0 Å². The normalized spacial score (nSPS) is 12.3. The van der Waals surface area contributed by atoms with E-state index in [1.807, 2.05) is 38.1 Å². The molecule has 1 atom stereocenters. The number of esters is 1. The van der Waals surface area contributed by atoms with Gasteiger partial charge < -0.3 is 15.2 Å². The van der Waals surface area contributed by atoms with Gasteiger partial charge in [0.25, 0.3) is 0 Å². The topological polar surface area (TPSA) is 61.5 Å². The van der Waals surface area contributed by atoms with E-state index in [4.69, 9.17) is 15.2 Å². The standard InChI is InChI=1S/C14H21NO3/c1-10(2)18-13-6-4-11(5-7-13)8-12(9-15)14(16)17-3/h4-7,10,12H,8-9,15H2,1-3H3. The third kappa shape index (κ3) is 4.37. The van der Waals surface area contributed by atoms with E-state index in [2.05, 4.69) is 0 Å². The number of nitrogens with two attached hydrogens (primary N) is 1. The summed E-state index contributed by atoms with van der Waals surface area (Å²) >= 11 is 0. The summed E-state index contributed by atoms with van der Waals surface area (Å²) < 4.78 is 10.3. The fourth-order valence-corrected chi connectivity index (χ4v) is 1.69. The van der Waals surface area contributed by atoms with E-state index in [1.165, 1.54) is 7.11 Å². The first kappa shape index (κ1) is 14.5. The second-order valence-electron chi connectivity index (χ2n) is 4.47. The monoisotopic (exact) mass is 251 g/mol. The van der Waals surface area contributed by atoms with Crippen LogP contribution >= 0.6 is 0 Å². The lowest BCUT2D eigenvalue weighted by Gasteiger charge is -2.13. The zero-order valence-electron chi connectivity index (χ0n) is 11.2. The first-order chi connectivity index (χ1) is 8.56. The van der Waals surface area contributed by atoms with Crippen LogP contribution in [0.4, 0.5) is 0 Å². The van der Waals surface area contributed by atoms with Gasteiger partial charge >= 0.3 is 5.97 Å². The van der Waals surface area contributed by atoms with Crippen LogP contribution in [0.25, 0.3) is 0 Å². The first-order valence-corrected chi connectivity index (χ1v) is 6.10. The molecular formula is C14H21NO3. The minimum absolute atomic E-state index is 0.155. The van der Waals surface area contributed by atoms with Gasteiger partial charge in [-0.2, -0.15) is 0 Å². The average molecular weight is 251 g/mol. The van der Waals surface area contributed by atoms with Crippen LogP contribution in [0, 0.1) is 5.92 Å². The van der Waals surface area contributed by atoms with Crippen LogP contribution in [0.15, 0.2) is 24.3 Å². The average Bonchev–Trinajstić information content (AvgIpc) is 2.36.